The molecular formula is C11H14FN3O. The van der Waals surface area contributed by atoms with Crippen LogP contribution in [0.1, 0.15) is 6.42 Å². The van der Waals surface area contributed by atoms with Crippen molar-refractivity contribution in [3.63, 3.8) is 0 Å². The van der Waals surface area contributed by atoms with Crippen LogP contribution in [0.4, 0.5) is 15.8 Å². The molecule has 0 saturated heterocycles. The van der Waals surface area contributed by atoms with Crippen LogP contribution in [0, 0.1) is 5.82 Å². The Bertz CT molecular complexity index is 408. The molecule has 0 spiro atoms. The van der Waals surface area contributed by atoms with Gasteiger partial charge in [-0.3, -0.25) is 4.79 Å². The van der Waals surface area contributed by atoms with E-state index in [0.29, 0.717) is 0 Å². The number of rotatable bonds is 2. The number of carbonyl (C=O) groups excluding carboxylic acids is 1. The highest BCUT2D eigenvalue weighted by Crippen LogP contribution is 2.28. The highest BCUT2D eigenvalue weighted by atomic mass is 19.1. The van der Waals surface area contributed by atoms with Crippen LogP contribution in [0.3, 0.4) is 0 Å². The van der Waals surface area contributed by atoms with Gasteiger partial charge in [0, 0.05) is 13.1 Å². The van der Waals surface area contributed by atoms with Crippen molar-refractivity contribution in [2.24, 2.45) is 5.73 Å². The van der Waals surface area contributed by atoms with E-state index >= 15 is 0 Å². The molecule has 1 aliphatic rings. The van der Waals surface area contributed by atoms with E-state index in [9.17, 15) is 9.18 Å². The Morgan fingerprint density at radius 3 is 3.12 bits per heavy atom. The lowest BCUT2D eigenvalue weighted by atomic mass is 10.2. The van der Waals surface area contributed by atoms with Crippen molar-refractivity contribution in [1.29, 1.82) is 0 Å². The lowest BCUT2D eigenvalue weighted by molar-refractivity contribution is -0.116. The molecule has 1 aromatic carbocycles. The quantitative estimate of drug-likeness (QED) is 0.784. The molecule has 0 bridgehead atoms. The molecule has 5 heteroatoms. The van der Waals surface area contributed by atoms with E-state index < -0.39 is 0 Å². The summed E-state index contributed by atoms with van der Waals surface area (Å²) in [7, 11) is 0. The van der Waals surface area contributed by atoms with Crippen LogP contribution in [0.15, 0.2) is 18.2 Å². The van der Waals surface area contributed by atoms with Gasteiger partial charge in [0.05, 0.1) is 17.9 Å². The van der Waals surface area contributed by atoms with Crippen molar-refractivity contribution >= 4 is 17.3 Å². The van der Waals surface area contributed by atoms with Gasteiger partial charge in [0.25, 0.3) is 0 Å². The second kappa shape index (κ2) is 4.38. The molecule has 0 unspecified atom stereocenters. The summed E-state index contributed by atoms with van der Waals surface area (Å²) in [4.78, 5) is 12.8. The maximum Gasteiger partial charge on any atom is 0.236 e. The summed E-state index contributed by atoms with van der Waals surface area (Å²) in [6.07, 6.45) is 0.892. The number of primary amides is 1. The molecule has 16 heavy (non-hydrogen) atoms. The summed E-state index contributed by atoms with van der Waals surface area (Å²) in [5.41, 5.74) is 6.74. The van der Waals surface area contributed by atoms with Gasteiger partial charge in [-0.2, -0.15) is 0 Å². The molecule has 4 nitrogen and oxygen atoms in total. The van der Waals surface area contributed by atoms with Gasteiger partial charge in [-0.1, -0.05) is 0 Å². The molecule has 1 amide bonds. The van der Waals surface area contributed by atoms with Crippen molar-refractivity contribution in [3.05, 3.63) is 24.0 Å². The first-order valence-electron chi connectivity index (χ1n) is 5.23. The van der Waals surface area contributed by atoms with Crippen LogP contribution in [0.5, 0.6) is 0 Å². The fourth-order valence-electron chi connectivity index (χ4n) is 1.89. The van der Waals surface area contributed by atoms with Gasteiger partial charge in [0.15, 0.2) is 0 Å². The van der Waals surface area contributed by atoms with Gasteiger partial charge in [0.1, 0.15) is 5.82 Å². The highest BCUT2D eigenvalue weighted by Gasteiger charge is 2.16. The normalized spacial score (nSPS) is 14.9. The van der Waals surface area contributed by atoms with E-state index in [1.54, 1.807) is 6.07 Å². The number of hydrogen-bond acceptors (Lipinski definition) is 3. The molecule has 0 saturated carbocycles. The summed E-state index contributed by atoms with van der Waals surface area (Å²) in [5.74, 6) is -0.663. The number of anilines is 2. The number of halogens is 1. The van der Waals surface area contributed by atoms with E-state index in [2.05, 4.69) is 5.32 Å². The van der Waals surface area contributed by atoms with Crippen LogP contribution < -0.4 is 16.0 Å². The first-order chi connectivity index (χ1) is 7.66. The third-order valence-corrected chi connectivity index (χ3v) is 2.57. The van der Waals surface area contributed by atoms with E-state index in [1.807, 2.05) is 4.90 Å². The second-order valence-corrected chi connectivity index (χ2v) is 3.83. The number of fused-ring (bicyclic) bond motifs is 1. The topological polar surface area (TPSA) is 58.4 Å². The lowest BCUT2D eigenvalue weighted by Crippen LogP contribution is -2.34. The molecule has 2 rings (SSSR count). The molecule has 0 fully saturated rings. The van der Waals surface area contributed by atoms with E-state index in [4.69, 9.17) is 5.73 Å². The molecule has 0 aromatic heterocycles. The molecular weight excluding hydrogens is 209 g/mol. The fourth-order valence-corrected chi connectivity index (χ4v) is 1.89. The van der Waals surface area contributed by atoms with Crippen molar-refractivity contribution in [1.82, 2.24) is 0 Å². The predicted molar refractivity (Wildman–Crippen MR) is 60.9 cm³/mol. The SMILES string of the molecule is NC(=O)CN1CCCNc2cc(F)ccc21. The lowest BCUT2D eigenvalue weighted by Gasteiger charge is -2.22. The molecule has 0 radical (unpaired) electrons. The first kappa shape index (κ1) is 10.7. The molecule has 1 aromatic rings. The number of nitrogens with one attached hydrogen (secondary N) is 1. The van der Waals surface area contributed by atoms with E-state index in [-0.39, 0.29) is 18.3 Å². The number of carbonyl (C=O) groups is 1. The number of benzene rings is 1. The van der Waals surface area contributed by atoms with Crippen LogP contribution in [-0.2, 0) is 4.79 Å². The standard InChI is InChI=1S/C11H14FN3O/c12-8-2-3-10-9(6-8)14-4-1-5-15(10)7-11(13)16/h2-3,6,14H,1,4-5,7H2,(H2,13,16). The van der Waals surface area contributed by atoms with Gasteiger partial charge in [0.2, 0.25) is 5.91 Å². The van der Waals surface area contributed by atoms with Gasteiger partial charge >= 0.3 is 0 Å². The van der Waals surface area contributed by atoms with E-state index in [0.717, 1.165) is 30.9 Å². The highest BCUT2D eigenvalue weighted by molar-refractivity contribution is 5.82. The van der Waals surface area contributed by atoms with Crippen LogP contribution in [0.2, 0.25) is 0 Å². The smallest absolute Gasteiger partial charge is 0.236 e. The first-order valence-corrected chi connectivity index (χ1v) is 5.23. The van der Waals surface area contributed by atoms with Crippen molar-refractivity contribution in [2.75, 3.05) is 29.9 Å². The average molecular weight is 223 g/mol. The number of hydrogen-bond donors (Lipinski definition) is 2. The zero-order valence-corrected chi connectivity index (χ0v) is 8.87. The molecule has 0 aliphatic carbocycles. The maximum atomic E-state index is 13.1. The van der Waals surface area contributed by atoms with Gasteiger partial charge in [-0.05, 0) is 24.6 Å². The summed E-state index contributed by atoms with van der Waals surface area (Å²) < 4.78 is 13.1. The Morgan fingerprint density at radius 1 is 1.56 bits per heavy atom. The Kier molecular flexibility index (Phi) is 2.94. The minimum absolute atomic E-state index is 0.167. The fraction of sp³-hybridized carbons (Fsp3) is 0.364. The minimum atomic E-state index is -0.378. The second-order valence-electron chi connectivity index (χ2n) is 3.83. The number of amides is 1. The van der Waals surface area contributed by atoms with Crippen molar-refractivity contribution < 1.29 is 9.18 Å². The van der Waals surface area contributed by atoms with E-state index in [1.165, 1.54) is 12.1 Å². The van der Waals surface area contributed by atoms with Gasteiger partial charge in [-0.25, -0.2) is 4.39 Å². The van der Waals surface area contributed by atoms with Crippen molar-refractivity contribution in [3.8, 4) is 0 Å². The Balaban J connectivity index is 2.32. The van der Waals surface area contributed by atoms with Crippen LogP contribution in [0.25, 0.3) is 0 Å². The molecule has 86 valence electrons. The average Bonchev–Trinajstić information content (AvgIpc) is 2.40. The Hall–Kier alpha value is -1.78. The third-order valence-electron chi connectivity index (χ3n) is 2.57. The van der Waals surface area contributed by atoms with Gasteiger partial charge in [-0.15, -0.1) is 0 Å². The Labute approximate surface area is 93.2 Å². The summed E-state index contributed by atoms with van der Waals surface area (Å²) in [6, 6.07) is 4.50. The largest absolute Gasteiger partial charge is 0.383 e. The molecule has 1 aliphatic heterocycles. The molecule has 1 heterocycles. The van der Waals surface area contributed by atoms with Crippen LogP contribution in [-0.4, -0.2) is 25.5 Å². The number of nitrogens with zero attached hydrogens (tertiary/aromatic N) is 1. The zero-order valence-electron chi connectivity index (χ0n) is 8.87. The molecule has 3 N–H and O–H groups in total. The third kappa shape index (κ3) is 2.24. The zero-order chi connectivity index (χ0) is 11.5. The Morgan fingerprint density at radius 2 is 2.38 bits per heavy atom. The summed E-state index contributed by atoms with van der Waals surface area (Å²) in [6.45, 7) is 1.68. The molecule has 0 atom stereocenters. The predicted octanol–water partition coefficient (Wildman–Crippen LogP) is 0.933. The summed E-state index contributed by atoms with van der Waals surface area (Å²) in [5, 5.41) is 3.14. The maximum absolute atomic E-state index is 13.1. The minimum Gasteiger partial charge on any atom is -0.383 e. The van der Waals surface area contributed by atoms with Gasteiger partial charge < -0.3 is 16.0 Å². The number of nitrogens with two attached hydrogens (primary N) is 1. The summed E-state index contributed by atoms with van der Waals surface area (Å²) >= 11 is 0. The van der Waals surface area contributed by atoms with Crippen LogP contribution >= 0.6 is 0 Å². The monoisotopic (exact) mass is 223 g/mol. The van der Waals surface area contributed by atoms with Crippen molar-refractivity contribution in [2.45, 2.75) is 6.42 Å².